The summed E-state index contributed by atoms with van der Waals surface area (Å²) in [5.41, 5.74) is 3.74. The Morgan fingerprint density at radius 1 is 1.04 bits per heavy atom. The molecular weight excluding hydrogens is 330 g/mol. The summed E-state index contributed by atoms with van der Waals surface area (Å²) in [6.45, 7) is 1.87. The molecule has 0 fully saturated rings. The van der Waals surface area contributed by atoms with Gasteiger partial charge in [0.2, 0.25) is 10.0 Å². The monoisotopic (exact) mass is 349 g/mol. The number of rotatable bonds is 4. The van der Waals surface area contributed by atoms with Gasteiger partial charge in [-0.25, -0.2) is 13.1 Å². The Kier molecular flexibility index (Phi) is 4.76. The molecule has 3 rings (SSSR count). The lowest BCUT2D eigenvalue weighted by Gasteiger charge is -2.20. The average molecular weight is 350 g/mol. The number of fused-ring (bicyclic) bond motifs is 1. The Balaban J connectivity index is 1.82. The zero-order valence-corrected chi connectivity index (χ0v) is 14.6. The van der Waals surface area contributed by atoms with Crippen LogP contribution in [0.4, 0.5) is 0 Å². The Bertz CT molecular complexity index is 818. The van der Waals surface area contributed by atoms with Gasteiger partial charge < -0.3 is 0 Å². The minimum atomic E-state index is -3.59. The maximum atomic E-state index is 12.5. The molecule has 5 heteroatoms. The first-order chi connectivity index (χ1) is 11.0. The van der Waals surface area contributed by atoms with E-state index in [9.17, 15) is 8.42 Å². The zero-order valence-electron chi connectivity index (χ0n) is 13.0. The highest BCUT2D eigenvalue weighted by Crippen LogP contribution is 2.26. The summed E-state index contributed by atoms with van der Waals surface area (Å²) in [5.74, 6) is 0. The van der Waals surface area contributed by atoms with Crippen molar-refractivity contribution < 1.29 is 8.42 Å². The maximum absolute atomic E-state index is 12.5. The molecule has 0 saturated carbocycles. The van der Waals surface area contributed by atoms with Crippen molar-refractivity contribution in [2.45, 2.75) is 43.5 Å². The molecule has 2 aromatic rings. The van der Waals surface area contributed by atoms with Crippen molar-refractivity contribution in [1.29, 1.82) is 0 Å². The molecule has 1 aliphatic rings. The van der Waals surface area contributed by atoms with E-state index in [0.29, 0.717) is 5.02 Å². The highest BCUT2D eigenvalue weighted by Gasteiger charge is 2.19. The van der Waals surface area contributed by atoms with Crippen molar-refractivity contribution in [2.75, 3.05) is 0 Å². The van der Waals surface area contributed by atoms with Crippen LogP contribution >= 0.6 is 11.6 Å². The van der Waals surface area contributed by atoms with E-state index in [-0.39, 0.29) is 10.9 Å². The minimum absolute atomic E-state index is 0.190. The lowest BCUT2D eigenvalue weighted by molar-refractivity contribution is 0.566. The summed E-state index contributed by atoms with van der Waals surface area (Å²) in [6, 6.07) is 12.3. The molecule has 1 atom stereocenters. The van der Waals surface area contributed by atoms with E-state index in [4.69, 9.17) is 11.6 Å². The SMILES string of the molecule is CC(NS(=O)(=O)c1cccc(Cl)c1)c1ccc2c(c1)CCCC2. The Morgan fingerprint density at radius 2 is 1.78 bits per heavy atom. The van der Waals surface area contributed by atoms with E-state index >= 15 is 0 Å². The van der Waals surface area contributed by atoms with Gasteiger partial charge in [-0.2, -0.15) is 0 Å². The van der Waals surface area contributed by atoms with Gasteiger partial charge in [0, 0.05) is 11.1 Å². The highest BCUT2D eigenvalue weighted by molar-refractivity contribution is 7.89. The van der Waals surface area contributed by atoms with Crippen LogP contribution in [0.2, 0.25) is 5.02 Å². The minimum Gasteiger partial charge on any atom is -0.207 e. The van der Waals surface area contributed by atoms with Gasteiger partial charge in [0.25, 0.3) is 0 Å². The molecule has 0 heterocycles. The second kappa shape index (κ2) is 6.63. The molecule has 122 valence electrons. The molecule has 1 N–H and O–H groups in total. The second-order valence-electron chi connectivity index (χ2n) is 6.04. The van der Waals surface area contributed by atoms with Crippen molar-refractivity contribution in [3.05, 3.63) is 64.2 Å². The van der Waals surface area contributed by atoms with Crippen LogP contribution in [0.25, 0.3) is 0 Å². The molecule has 2 aromatic carbocycles. The molecule has 1 aliphatic carbocycles. The largest absolute Gasteiger partial charge is 0.241 e. The third-order valence-electron chi connectivity index (χ3n) is 4.31. The zero-order chi connectivity index (χ0) is 16.4. The third-order valence-corrected chi connectivity index (χ3v) is 6.08. The van der Waals surface area contributed by atoms with Crippen LogP contribution in [0.3, 0.4) is 0 Å². The summed E-state index contributed by atoms with van der Waals surface area (Å²) in [5, 5.41) is 0.411. The molecule has 0 bridgehead atoms. The standard InChI is InChI=1S/C18H20ClNO2S/c1-13(15-10-9-14-5-2-3-6-16(14)11-15)20-23(21,22)18-8-4-7-17(19)12-18/h4,7-13,20H,2-3,5-6H2,1H3. The van der Waals surface area contributed by atoms with Gasteiger partial charge in [0.15, 0.2) is 0 Å². The van der Waals surface area contributed by atoms with Crippen molar-refractivity contribution >= 4 is 21.6 Å². The van der Waals surface area contributed by atoms with Gasteiger partial charge in [-0.3, -0.25) is 0 Å². The van der Waals surface area contributed by atoms with E-state index in [0.717, 1.165) is 18.4 Å². The predicted octanol–water partition coefficient (Wildman–Crippen LogP) is 4.26. The summed E-state index contributed by atoms with van der Waals surface area (Å²) >= 11 is 5.89. The maximum Gasteiger partial charge on any atom is 0.241 e. The number of aryl methyl sites for hydroxylation is 2. The molecular formula is C18H20ClNO2S. The molecule has 0 aromatic heterocycles. The van der Waals surface area contributed by atoms with Gasteiger partial charge in [0.05, 0.1) is 4.90 Å². The van der Waals surface area contributed by atoms with E-state index in [1.165, 1.54) is 30.0 Å². The summed E-state index contributed by atoms with van der Waals surface area (Å²) in [6.07, 6.45) is 4.65. The molecule has 0 saturated heterocycles. The molecule has 0 radical (unpaired) electrons. The fraction of sp³-hybridized carbons (Fsp3) is 0.333. The number of hydrogen-bond donors (Lipinski definition) is 1. The molecule has 0 amide bonds. The van der Waals surface area contributed by atoms with Crippen LogP contribution in [0.1, 0.15) is 42.5 Å². The summed E-state index contributed by atoms with van der Waals surface area (Å²) in [4.78, 5) is 0.190. The lowest BCUT2D eigenvalue weighted by Crippen LogP contribution is -2.27. The normalized spacial score (nSPS) is 15.9. The first-order valence-corrected chi connectivity index (χ1v) is 9.71. The number of hydrogen-bond acceptors (Lipinski definition) is 2. The van der Waals surface area contributed by atoms with Gasteiger partial charge in [0.1, 0.15) is 0 Å². The Hall–Kier alpha value is -1.36. The van der Waals surface area contributed by atoms with Crippen molar-refractivity contribution in [1.82, 2.24) is 4.72 Å². The van der Waals surface area contributed by atoms with Crippen LogP contribution in [0.15, 0.2) is 47.4 Å². The lowest BCUT2D eigenvalue weighted by atomic mass is 9.89. The molecule has 3 nitrogen and oxygen atoms in total. The molecule has 0 aliphatic heterocycles. The van der Waals surface area contributed by atoms with Gasteiger partial charge in [-0.15, -0.1) is 0 Å². The van der Waals surface area contributed by atoms with Crippen LogP contribution in [0, 0.1) is 0 Å². The summed E-state index contributed by atoms with van der Waals surface area (Å²) in [7, 11) is -3.59. The van der Waals surface area contributed by atoms with Crippen LogP contribution in [-0.2, 0) is 22.9 Å². The third kappa shape index (κ3) is 3.77. The first-order valence-electron chi connectivity index (χ1n) is 7.85. The molecule has 1 unspecified atom stereocenters. The fourth-order valence-corrected chi connectivity index (χ4v) is 4.56. The van der Waals surface area contributed by atoms with Crippen molar-refractivity contribution in [3.63, 3.8) is 0 Å². The topological polar surface area (TPSA) is 46.2 Å². The fourth-order valence-electron chi connectivity index (χ4n) is 3.03. The Morgan fingerprint density at radius 3 is 2.52 bits per heavy atom. The smallest absolute Gasteiger partial charge is 0.207 e. The van der Waals surface area contributed by atoms with E-state index in [1.807, 2.05) is 13.0 Å². The number of benzene rings is 2. The number of nitrogens with one attached hydrogen (secondary N) is 1. The van der Waals surface area contributed by atoms with E-state index in [1.54, 1.807) is 18.2 Å². The van der Waals surface area contributed by atoms with Crippen LogP contribution in [-0.4, -0.2) is 8.42 Å². The highest BCUT2D eigenvalue weighted by atomic mass is 35.5. The van der Waals surface area contributed by atoms with Crippen LogP contribution in [0.5, 0.6) is 0 Å². The quantitative estimate of drug-likeness (QED) is 0.896. The molecule has 23 heavy (non-hydrogen) atoms. The van der Waals surface area contributed by atoms with Gasteiger partial charge >= 0.3 is 0 Å². The predicted molar refractivity (Wildman–Crippen MR) is 93.3 cm³/mol. The van der Waals surface area contributed by atoms with Crippen molar-refractivity contribution in [2.24, 2.45) is 0 Å². The van der Waals surface area contributed by atoms with Gasteiger partial charge in [-0.1, -0.05) is 35.9 Å². The number of halogens is 1. The Labute approximate surface area is 142 Å². The van der Waals surface area contributed by atoms with E-state index in [2.05, 4.69) is 16.9 Å². The average Bonchev–Trinajstić information content (AvgIpc) is 2.54. The first kappa shape index (κ1) is 16.5. The van der Waals surface area contributed by atoms with Crippen LogP contribution < -0.4 is 4.72 Å². The molecule has 0 spiro atoms. The number of sulfonamides is 1. The van der Waals surface area contributed by atoms with E-state index < -0.39 is 10.0 Å². The van der Waals surface area contributed by atoms with Gasteiger partial charge in [-0.05, 0) is 67.5 Å². The van der Waals surface area contributed by atoms with Crippen molar-refractivity contribution in [3.8, 4) is 0 Å². The summed E-state index contributed by atoms with van der Waals surface area (Å²) < 4.78 is 27.7. The second-order valence-corrected chi connectivity index (χ2v) is 8.19.